The molecule has 3 nitrogen and oxygen atoms in total. The zero-order chi connectivity index (χ0) is 11.5. The van der Waals surface area contributed by atoms with E-state index in [1.165, 1.54) is 6.07 Å². The van der Waals surface area contributed by atoms with Crippen LogP contribution in [0, 0.1) is 19.3 Å². The number of nitrogens with one attached hydrogen (secondary N) is 1. The Kier molecular flexibility index (Phi) is 3.51. The molecule has 0 saturated carbocycles. The quantitative estimate of drug-likeness (QED) is 0.784. The Morgan fingerprint density at radius 3 is 2.67 bits per heavy atom. The highest BCUT2D eigenvalue weighted by Gasteiger charge is 2.16. The van der Waals surface area contributed by atoms with Gasteiger partial charge in [-0.3, -0.25) is 0 Å². The van der Waals surface area contributed by atoms with Gasteiger partial charge in [-0.05, 0) is 24.6 Å². The Balaban J connectivity index is 3.33. The molecule has 0 saturated heterocycles. The summed E-state index contributed by atoms with van der Waals surface area (Å²) in [5.41, 5.74) is 1.34. The van der Waals surface area contributed by atoms with Crippen LogP contribution in [0.25, 0.3) is 0 Å². The van der Waals surface area contributed by atoms with Gasteiger partial charge in [0.05, 0.1) is 4.90 Å². The summed E-state index contributed by atoms with van der Waals surface area (Å²) in [6.07, 6.45) is 5.27. The molecule has 15 heavy (non-hydrogen) atoms. The summed E-state index contributed by atoms with van der Waals surface area (Å²) in [7, 11) is -3.46. The molecule has 4 heteroatoms. The fourth-order valence-corrected chi connectivity index (χ4v) is 2.45. The van der Waals surface area contributed by atoms with Crippen LogP contribution < -0.4 is 4.72 Å². The van der Waals surface area contributed by atoms with Crippen LogP contribution in [0.1, 0.15) is 18.1 Å². The largest absolute Gasteiger partial charge is 0.241 e. The summed E-state index contributed by atoms with van der Waals surface area (Å²) < 4.78 is 25.8. The van der Waals surface area contributed by atoms with Gasteiger partial charge in [-0.1, -0.05) is 18.9 Å². The standard InChI is InChI=1S/C11H13NO2S/c1-4-10-8-9(3)6-7-11(10)15(13,14)12-5-2/h1,6-8,12H,5H2,2-3H3. The second-order valence-corrected chi connectivity index (χ2v) is 4.88. The van der Waals surface area contributed by atoms with Crippen LogP contribution in [0.2, 0.25) is 0 Å². The van der Waals surface area contributed by atoms with Gasteiger partial charge in [0.2, 0.25) is 10.0 Å². The Hall–Kier alpha value is -1.31. The minimum atomic E-state index is -3.46. The molecular weight excluding hydrogens is 210 g/mol. The number of terminal acetylenes is 1. The maximum absolute atomic E-state index is 11.7. The summed E-state index contributed by atoms with van der Waals surface area (Å²) in [5, 5.41) is 0. The van der Waals surface area contributed by atoms with Crippen molar-refractivity contribution < 1.29 is 8.42 Å². The van der Waals surface area contributed by atoms with Gasteiger partial charge < -0.3 is 0 Å². The second-order valence-electron chi connectivity index (χ2n) is 3.15. The van der Waals surface area contributed by atoms with Crippen molar-refractivity contribution in [2.75, 3.05) is 6.54 Å². The summed E-state index contributed by atoms with van der Waals surface area (Å²) >= 11 is 0. The first-order valence-corrected chi connectivity index (χ1v) is 6.06. The van der Waals surface area contributed by atoms with Crippen molar-refractivity contribution >= 4 is 10.0 Å². The van der Waals surface area contributed by atoms with Gasteiger partial charge >= 0.3 is 0 Å². The van der Waals surface area contributed by atoms with Gasteiger partial charge in [0.15, 0.2) is 0 Å². The molecule has 0 spiro atoms. The first-order chi connectivity index (χ1) is 7.01. The lowest BCUT2D eigenvalue weighted by Gasteiger charge is -2.07. The number of rotatable bonds is 3. The van der Waals surface area contributed by atoms with Crippen LogP contribution in [-0.2, 0) is 10.0 Å². The Bertz CT molecular complexity index is 498. The fraction of sp³-hybridized carbons (Fsp3) is 0.273. The number of hydrogen-bond acceptors (Lipinski definition) is 2. The van der Waals surface area contributed by atoms with Gasteiger partial charge in [-0.25, -0.2) is 13.1 Å². The highest BCUT2D eigenvalue weighted by Crippen LogP contribution is 2.16. The molecule has 0 aliphatic heterocycles. The van der Waals surface area contributed by atoms with Gasteiger partial charge in [0.1, 0.15) is 0 Å². The molecule has 0 amide bonds. The average molecular weight is 223 g/mol. The van der Waals surface area contributed by atoms with Crippen LogP contribution in [-0.4, -0.2) is 15.0 Å². The minimum Gasteiger partial charge on any atom is -0.211 e. The van der Waals surface area contributed by atoms with E-state index in [4.69, 9.17) is 6.42 Å². The third kappa shape index (κ3) is 2.58. The van der Waals surface area contributed by atoms with E-state index in [9.17, 15) is 8.42 Å². The summed E-state index contributed by atoms with van der Waals surface area (Å²) in [5.74, 6) is 2.38. The van der Waals surface area contributed by atoms with Crippen LogP contribution in [0.15, 0.2) is 23.1 Å². The fourth-order valence-electron chi connectivity index (χ4n) is 1.26. The SMILES string of the molecule is C#Cc1cc(C)ccc1S(=O)(=O)NCC. The second kappa shape index (κ2) is 4.47. The highest BCUT2D eigenvalue weighted by molar-refractivity contribution is 7.89. The Morgan fingerprint density at radius 2 is 2.13 bits per heavy atom. The minimum absolute atomic E-state index is 0.164. The summed E-state index contributed by atoms with van der Waals surface area (Å²) in [4.78, 5) is 0.164. The number of hydrogen-bond donors (Lipinski definition) is 1. The van der Waals surface area contributed by atoms with E-state index >= 15 is 0 Å². The normalized spacial score (nSPS) is 11.0. The lowest BCUT2D eigenvalue weighted by atomic mass is 10.1. The monoisotopic (exact) mass is 223 g/mol. The molecule has 0 unspecified atom stereocenters. The van der Waals surface area contributed by atoms with E-state index in [0.717, 1.165) is 5.56 Å². The molecule has 1 aromatic rings. The van der Waals surface area contributed by atoms with Crippen molar-refractivity contribution in [3.05, 3.63) is 29.3 Å². The zero-order valence-corrected chi connectivity index (χ0v) is 9.56. The molecule has 0 bridgehead atoms. The van der Waals surface area contributed by atoms with E-state index in [1.54, 1.807) is 19.1 Å². The molecule has 0 atom stereocenters. The number of sulfonamides is 1. The first-order valence-electron chi connectivity index (χ1n) is 4.58. The molecule has 1 rings (SSSR count). The molecule has 1 N–H and O–H groups in total. The van der Waals surface area contributed by atoms with Crippen molar-refractivity contribution in [3.8, 4) is 12.3 Å². The molecule has 0 aliphatic rings. The summed E-state index contributed by atoms with van der Waals surface area (Å²) in [6.45, 7) is 3.94. The lowest BCUT2D eigenvalue weighted by molar-refractivity contribution is 0.583. The average Bonchev–Trinajstić information content (AvgIpc) is 2.17. The molecule has 0 aliphatic carbocycles. The predicted molar refractivity (Wildman–Crippen MR) is 60.0 cm³/mol. The van der Waals surface area contributed by atoms with Crippen molar-refractivity contribution in [1.82, 2.24) is 4.72 Å². The third-order valence-corrected chi connectivity index (χ3v) is 3.52. The van der Waals surface area contributed by atoms with Crippen molar-refractivity contribution in [2.24, 2.45) is 0 Å². The van der Waals surface area contributed by atoms with Gasteiger partial charge in [-0.2, -0.15) is 0 Å². The molecule has 80 valence electrons. The maximum atomic E-state index is 11.7. The number of benzene rings is 1. The van der Waals surface area contributed by atoms with Crippen molar-refractivity contribution in [3.63, 3.8) is 0 Å². The highest BCUT2D eigenvalue weighted by atomic mass is 32.2. The Labute approximate surface area is 90.6 Å². The van der Waals surface area contributed by atoms with Gasteiger partial charge in [0, 0.05) is 12.1 Å². The van der Waals surface area contributed by atoms with Gasteiger partial charge in [0.25, 0.3) is 0 Å². The lowest BCUT2D eigenvalue weighted by Crippen LogP contribution is -2.24. The third-order valence-electron chi connectivity index (χ3n) is 1.91. The van der Waals surface area contributed by atoms with Gasteiger partial charge in [-0.15, -0.1) is 6.42 Å². The van der Waals surface area contributed by atoms with Crippen LogP contribution in [0.3, 0.4) is 0 Å². The zero-order valence-electron chi connectivity index (χ0n) is 8.74. The van der Waals surface area contributed by atoms with E-state index in [-0.39, 0.29) is 4.90 Å². The van der Waals surface area contributed by atoms with E-state index in [0.29, 0.717) is 12.1 Å². The van der Waals surface area contributed by atoms with Crippen molar-refractivity contribution in [1.29, 1.82) is 0 Å². The molecule has 0 heterocycles. The topological polar surface area (TPSA) is 46.2 Å². The maximum Gasteiger partial charge on any atom is 0.241 e. The van der Waals surface area contributed by atoms with Crippen LogP contribution >= 0.6 is 0 Å². The van der Waals surface area contributed by atoms with E-state index in [1.807, 2.05) is 6.92 Å². The molecule has 0 aromatic heterocycles. The van der Waals surface area contributed by atoms with Crippen LogP contribution in [0.4, 0.5) is 0 Å². The van der Waals surface area contributed by atoms with E-state index in [2.05, 4.69) is 10.6 Å². The smallest absolute Gasteiger partial charge is 0.211 e. The predicted octanol–water partition coefficient (Wildman–Crippen LogP) is 1.27. The molecule has 0 radical (unpaired) electrons. The van der Waals surface area contributed by atoms with Crippen LogP contribution in [0.5, 0.6) is 0 Å². The Morgan fingerprint density at radius 1 is 1.47 bits per heavy atom. The first kappa shape index (κ1) is 11.8. The number of aryl methyl sites for hydroxylation is 1. The summed E-state index contributed by atoms with van der Waals surface area (Å²) in [6, 6.07) is 4.94. The molecular formula is C11H13NO2S. The van der Waals surface area contributed by atoms with E-state index < -0.39 is 10.0 Å². The molecule has 0 fully saturated rings. The van der Waals surface area contributed by atoms with Crippen molar-refractivity contribution in [2.45, 2.75) is 18.7 Å². The molecule has 1 aromatic carbocycles.